The standard InChI is InChI=1S/C46H30N6/c47-44-36(31-11-3-1-4-12-31)28-37-43(45(44)48)35-22-21-33(25-40(35)52-46(37)32-13-5-2-6-14-32)29-17-19-30(20-18-29)34-26-41(38-15-7-9-23-49-38)51-42(27-34)39-16-8-10-24-50-39/h1-28,47-48H. The molecule has 0 bridgehead atoms. The number of aromatic nitrogens is 4. The second-order valence-electron chi connectivity index (χ2n) is 12.7. The molecule has 0 radical (unpaired) electrons. The van der Waals surface area contributed by atoms with Crippen molar-refractivity contribution in [1.82, 2.24) is 19.9 Å². The average Bonchev–Trinajstić information content (AvgIpc) is 3.22. The molecule has 4 aromatic heterocycles. The summed E-state index contributed by atoms with van der Waals surface area (Å²) in [5, 5.41) is 19.1. The van der Waals surface area contributed by atoms with Crippen molar-refractivity contribution in [1.29, 1.82) is 10.8 Å². The Hall–Kier alpha value is -7.18. The molecule has 6 nitrogen and oxygen atoms in total. The Kier molecular flexibility index (Phi) is 7.67. The lowest BCUT2D eigenvalue weighted by Gasteiger charge is -2.23. The van der Waals surface area contributed by atoms with Gasteiger partial charge in [0.15, 0.2) is 0 Å². The van der Waals surface area contributed by atoms with Gasteiger partial charge in [-0.1, -0.05) is 109 Å². The lowest BCUT2D eigenvalue weighted by molar-refractivity contribution is 1.22. The van der Waals surface area contributed by atoms with Gasteiger partial charge in [-0.05, 0) is 76.4 Å². The Labute approximate surface area is 300 Å². The molecular weight excluding hydrogens is 637 g/mol. The van der Waals surface area contributed by atoms with Crippen LogP contribution in [0.3, 0.4) is 0 Å². The predicted octanol–water partition coefficient (Wildman–Crippen LogP) is 10.7. The summed E-state index contributed by atoms with van der Waals surface area (Å²) in [7, 11) is 0. The summed E-state index contributed by atoms with van der Waals surface area (Å²) >= 11 is 0. The summed E-state index contributed by atoms with van der Waals surface area (Å²) in [6.07, 6.45) is 5.59. The zero-order valence-electron chi connectivity index (χ0n) is 28.0. The van der Waals surface area contributed by atoms with Crippen LogP contribution in [0.25, 0.3) is 78.8 Å². The third kappa shape index (κ3) is 5.58. The minimum Gasteiger partial charge on any atom is -0.298 e. The van der Waals surface area contributed by atoms with Gasteiger partial charge in [0.05, 0.1) is 45.4 Å². The molecule has 4 heterocycles. The molecule has 0 atom stereocenters. The quantitative estimate of drug-likeness (QED) is 0.184. The second kappa shape index (κ2) is 12.9. The first-order valence-electron chi connectivity index (χ1n) is 17.0. The SMILES string of the molecule is N=C1C(=N)c2c(c(-c3ccccc3)nc3cc(-c4ccc(-c5cc(-c6ccccn6)nc(-c6ccccn6)c5)cc4)ccc23)C=C1c1ccccc1. The molecule has 8 aromatic rings. The number of pyridine rings is 4. The molecule has 0 amide bonds. The molecule has 0 saturated heterocycles. The van der Waals surface area contributed by atoms with E-state index in [1.54, 1.807) is 12.4 Å². The minimum absolute atomic E-state index is 0.200. The van der Waals surface area contributed by atoms with Gasteiger partial charge in [-0.3, -0.25) is 20.8 Å². The highest BCUT2D eigenvalue weighted by Crippen LogP contribution is 2.39. The van der Waals surface area contributed by atoms with Crippen LogP contribution in [0, 0.1) is 10.8 Å². The number of nitrogens with one attached hydrogen (secondary N) is 2. The monoisotopic (exact) mass is 666 g/mol. The van der Waals surface area contributed by atoms with E-state index in [1.807, 2.05) is 109 Å². The summed E-state index contributed by atoms with van der Waals surface area (Å²) in [5.74, 6) is 0. The Morgan fingerprint density at radius 2 is 0.962 bits per heavy atom. The fourth-order valence-corrected chi connectivity index (χ4v) is 6.85. The van der Waals surface area contributed by atoms with Gasteiger partial charge < -0.3 is 0 Å². The van der Waals surface area contributed by atoms with E-state index in [9.17, 15) is 5.41 Å². The van der Waals surface area contributed by atoms with E-state index in [0.717, 1.165) is 89.5 Å². The van der Waals surface area contributed by atoms with Gasteiger partial charge in [-0.2, -0.15) is 0 Å². The second-order valence-corrected chi connectivity index (χ2v) is 12.7. The first-order chi connectivity index (χ1) is 25.6. The number of allylic oxidation sites excluding steroid dienone is 1. The zero-order chi connectivity index (χ0) is 35.0. The Morgan fingerprint density at radius 1 is 0.404 bits per heavy atom. The number of rotatable bonds is 6. The molecule has 244 valence electrons. The molecule has 52 heavy (non-hydrogen) atoms. The molecule has 0 fully saturated rings. The van der Waals surface area contributed by atoms with Crippen molar-refractivity contribution in [2.75, 3.05) is 0 Å². The van der Waals surface area contributed by atoms with Gasteiger partial charge in [0, 0.05) is 40.0 Å². The number of nitrogens with zero attached hydrogens (tertiary/aromatic N) is 4. The third-order valence-corrected chi connectivity index (χ3v) is 9.45. The van der Waals surface area contributed by atoms with Crippen LogP contribution in [-0.2, 0) is 0 Å². The van der Waals surface area contributed by atoms with E-state index in [2.05, 4.69) is 58.5 Å². The summed E-state index contributed by atoms with van der Waals surface area (Å²) in [6, 6.07) is 50.5. The van der Waals surface area contributed by atoms with Crippen molar-refractivity contribution in [3.63, 3.8) is 0 Å². The van der Waals surface area contributed by atoms with Crippen molar-refractivity contribution in [3.05, 3.63) is 181 Å². The molecule has 4 aromatic carbocycles. The fraction of sp³-hybridized carbons (Fsp3) is 0. The highest BCUT2D eigenvalue weighted by atomic mass is 14.8. The molecule has 0 saturated carbocycles. The van der Waals surface area contributed by atoms with Crippen molar-refractivity contribution in [2.45, 2.75) is 0 Å². The first kappa shape index (κ1) is 30.8. The average molecular weight is 667 g/mol. The third-order valence-electron chi connectivity index (χ3n) is 9.45. The number of hydrogen-bond acceptors (Lipinski definition) is 6. The number of fused-ring (bicyclic) bond motifs is 3. The molecule has 1 aliphatic carbocycles. The maximum atomic E-state index is 9.26. The topological polar surface area (TPSA) is 99.3 Å². The molecule has 0 unspecified atom stereocenters. The Balaban J connectivity index is 1.14. The van der Waals surface area contributed by atoms with Crippen LogP contribution in [-0.4, -0.2) is 31.4 Å². The normalized spacial score (nSPS) is 12.4. The number of benzene rings is 4. The van der Waals surface area contributed by atoms with Crippen LogP contribution in [0.5, 0.6) is 0 Å². The van der Waals surface area contributed by atoms with Crippen LogP contribution in [0.4, 0.5) is 0 Å². The Morgan fingerprint density at radius 3 is 1.56 bits per heavy atom. The largest absolute Gasteiger partial charge is 0.298 e. The Bertz CT molecular complexity index is 2610. The van der Waals surface area contributed by atoms with Gasteiger partial charge in [-0.15, -0.1) is 0 Å². The van der Waals surface area contributed by atoms with E-state index in [-0.39, 0.29) is 11.4 Å². The van der Waals surface area contributed by atoms with Crippen LogP contribution < -0.4 is 0 Å². The smallest absolute Gasteiger partial charge is 0.0900 e. The lowest BCUT2D eigenvalue weighted by Crippen LogP contribution is -2.21. The summed E-state index contributed by atoms with van der Waals surface area (Å²) < 4.78 is 0. The van der Waals surface area contributed by atoms with Gasteiger partial charge >= 0.3 is 0 Å². The van der Waals surface area contributed by atoms with E-state index >= 15 is 0 Å². The minimum atomic E-state index is 0.200. The van der Waals surface area contributed by atoms with Crippen molar-refractivity contribution < 1.29 is 0 Å². The highest BCUT2D eigenvalue weighted by molar-refractivity contribution is 6.64. The molecule has 2 N–H and O–H groups in total. The maximum Gasteiger partial charge on any atom is 0.0900 e. The highest BCUT2D eigenvalue weighted by Gasteiger charge is 2.28. The van der Waals surface area contributed by atoms with Crippen molar-refractivity contribution >= 4 is 34.0 Å². The lowest BCUT2D eigenvalue weighted by atomic mass is 9.82. The maximum absolute atomic E-state index is 9.26. The van der Waals surface area contributed by atoms with Gasteiger partial charge in [0.2, 0.25) is 0 Å². The summed E-state index contributed by atoms with van der Waals surface area (Å²) in [6.45, 7) is 0. The van der Waals surface area contributed by atoms with E-state index < -0.39 is 0 Å². The summed E-state index contributed by atoms with van der Waals surface area (Å²) in [5.41, 5.74) is 13.5. The first-order valence-corrected chi connectivity index (χ1v) is 17.0. The van der Waals surface area contributed by atoms with E-state index in [0.29, 0.717) is 0 Å². The van der Waals surface area contributed by atoms with Crippen molar-refractivity contribution in [3.8, 4) is 56.3 Å². The van der Waals surface area contributed by atoms with Crippen LogP contribution >= 0.6 is 0 Å². The molecule has 0 spiro atoms. The van der Waals surface area contributed by atoms with Crippen molar-refractivity contribution in [2.24, 2.45) is 0 Å². The van der Waals surface area contributed by atoms with Crippen LogP contribution in [0.1, 0.15) is 16.7 Å². The van der Waals surface area contributed by atoms with Gasteiger partial charge in [-0.25, -0.2) is 9.97 Å². The molecule has 9 rings (SSSR count). The molecule has 0 aliphatic heterocycles. The molecule has 6 heteroatoms. The van der Waals surface area contributed by atoms with E-state index in [1.165, 1.54) is 0 Å². The summed E-state index contributed by atoms with van der Waals surface area (Å²) in [4.78, 5) is 19.3. The number of hydrogen-bond donors (Lipinski definition) is 2. The van der Waals surface area contributed by atoms with Gasteiger partial charge in [0.1, 0.15) is 0 Å². The van der Waals surface area contributed by atoms with Crippen LogP contribution in [0.15, 0.2) is 164 Å². The van der Waals surface area contributed by atoms with E-state index in [4.69, 9.17) is 15.4 Å². The van der Waals surface area contributed by atoms with Crippen LogP contribution in [0.2, 0.25) is 0 Å². The zero-order valence-corrected chi connectivity index (χ0v) is 28.0. The fourth-order valence-electron chi connectivity index (χ4n) is 6.85. The molecule has 1 aliphatic rings. The molecular formula is C46H30N6. The van der Waals surface area contributed by atoms with Gasteiger partial charge in [0.25, 0.3) is 0 Å². The predicted molar refractivity (Wildman–Crippen MR) is 211 cm³/mol.